The summed E-state index contributed by atoms with van der Waals surface area (Å²) in [5.41, 5.74) is 4.16. The Labute approximate surface area is 183 Å². The standard InChI is InChI=1S/C22H20BrCl2NO2/c1-14-3-6-16(7-4-14)26-12-17-18(23)8-10-21(27-2)22(17)28-13-15-5-9-19(24)20(25)11-15/h3-11,26H,12-13H2,1-2H3. The Morgan fingerprint density at radius 1 is 0.964 bits per heavy atom. The summed E-state index contributed by atoms with van der Waals surface area (Å²) < 4.78 is 12.6. The second-order valence-corrected chi connectivity index (χ2v) is 7.98. The molecular formula is C22H20BrCl2NO2. The number of anilines is 1. The Balaban J connectivity index is 1.82. The first-order valence-corrected chi connectivity index (χ1v) is 10.3. The molecule has 0 saturated heterocycles. The van der Waals surface area contributed by atoms with Gasteiger partial charge in [0.05, 0.1) is 17.2 Å². The van der Waals surface area contributed by atoms with E-state index in [2.05, 4.69) is 52.4 Å². The monoisotopic (exact) mass is 479 g/mol. The zero-order chi connectivity index (χ0) is 20.1. The van der Waals surface area contributed by atoms with Crippen molar-refractivity contribution in [1.82, 2.24) is 0 Å². The van der Waals surface area contributed by atoms with E-state index in [1.165, 1.54) is 5.56 Å². The minimum Gasteiger partial charge on any atom is -0.493 e. The summed E-state index contributed by atoms with van der Waals surface area (Å²) in [5.74, 6) is 1.35. The molecule has 0 saturated carbocycles. The van der Waals surface area contributed by atoms with Crippen LogP contribution in [0, 0.1) is 6.92 Å². The van der Waals surface area contributed by atoms with Gasteiger partial charge in [0.1, 0.15) is 6.61 Å². The average molecular weight is 481 g/mol. The number of hydrogen-bond acceptors (Lipinski definition) is 3. The lowest BCUT2D eigenvalue weighted by atomic mass is 10.1. The van der Waals surface area contributed by atoms with Crippen LogP contribution in [0.1, 0.15) is 16.7 Å². The van der Waals surface area contributed by atoms with Gasteiger partial charge in [-0.25, -0.2) is 0 Å². The molecule has 0 aliphatic rings. The third-order valence-corrected chi connectivity index (χ3v) is 5.76. The summed E-state index contributed by atoms with van der Waals surface area (Å²) in [5, 5.41) is 4.46. The molecule has 0 atom stereocenters. The molecule has 0 radical (unpaired) electrons. The Morgan fingerprint density at radius 3 is 2.39 bits per heavy atom. The van der Waals surface area contributed by atoms with E-state index < -0.39 is 0 Å². The number of methoxy groups -OCH3 is 1. The van der Waals surface area contributed by atoms with Gasteiger partial charge in [-0.05, 0) is 48.9 Å². The zero-order valence-corrected chi connectivity index (χ0v) is 18.7. The van der Waals surface area contributed by atoms with Crippen molar-refractivity contribution in [3.8, 4) is 11.5 Å². The van der Waals surface area contributed by atoms with Crippen molar-refractivity contribution in [1.29, 1.82) is 0 Å². The minimum atomic E-state index is 0.348. The van der Waals surface area contributed by atoms with Gasteiger partial charge >= 0.3 is 0 Å². The predicted octanol–water partition coefficient (Wildman–Crippen LogP) is 7.26. The van der Waals surface area contributed by atoms with Crippen LogP contribution in [0.25, 0.3) is 0 Å². The smallest absolute Gasteiger partial charge is 0.167 e. The Kier molecular flexibility index (Phi) is 7.11. The summed E-state index contributed by atoms with van der Waals surface area (Å²) in [6.45, 7) is 3.00. The second kappa shape index (κ2) is 9.55. The van der Waals surface area contributed by atoms with Crippen LogP contribution in [0.2, 0.25) is 10.0 Å². The van der Waals surface area contributed by atoms with E-state index in [4.69, 9.17) is 32.7 Å². The lowest BCUT2D eigenvalue weighted by Gasteiger charge is -2.18. The molecule has 0 heterocycles. The Morgan fingerprint density at radius 2 is 1.71 bits per heavy atom. The SMILES string of the molecule is COc1ccc(Br)c(CNc2ccc(C)cc2)c1OCc1ccc(Cl)c(Cl)c1. The van der Waals surface area contributed by atoms with Crippen LogP contribution in [0.15, 0.2) is 59.1 Å². The number of ether oxygens (including phenoxy) is 2. The molecule has 0 amide bonds. The first-order valence-electron chi connectivity index (χ1n) is 8.70. The fraction of sp³-hybridized carbons (Fsp3) is 0.182. The van der Waals surface area contributed by atoms with E-state index in [-0.39, 0.29) is 0 Å². The van der Waals surface area contributed by atoms with Crippen molar-refractivity contribution >= 4 is 44.8 Å². The van der Waals surface area contributed by atoms with Crippen molar-refractivity contribution in [2.24, 2.45) is 0 Å². The highest BCUT2D eigenvalue weighted by atomic mass is 79.9. The Hall–Kier alpha value is -1.88. The topological polar surface area (TPSA) is 30.5 Å². The highest BCUT2D eigenvalue weighted by molar-refractivity contribution is 9.10. The van der Waals surface area contributed by atoms with Gasteiger partial charge in [-0.1, -0.05) is 62.9 Å². The van der Waals surface area contributed by atoms with Gasteiger partial charge in [-0.2, -0.15) is 0 Å². The van der Waals surface area contributed by atoms with Gasteiger partial charge in [0.25, 0.3) is 0 Å². The van der Waals surface area contributed by atoms with Gasteiger partial charge in [0.15, 0.2) is 11.5 Å². The molecule has 6 heteroatoms. The summed E-state index contributed by atoms with van der Waals surface area (Å²) in [6.07, 6.45) is 0. The molecule has 146 valence electrons. The van der Waals surface area contributed by atoms with Crippen molar-refractivity contribution in [3.05, 3.63) is 85.8 Å². The number of benzene rings is 3. The molecule has 0 spiro atoms. The molecule has 28 heavy (non-hydrogen) atoms. The molecule has 1 N–H and O–H groups in total. The first kappa shape index (κ1) is 20.8. The van der Waals surface area contributed by atoms with Gasteiger partial charge in [-0.15, -0.1) is 0 Å². The van der Waals surface area contributed by atoms with Gasteiger partial charge < -0.3 is 14.8 Å². The molecule has 0 unspecified atom stereocenters. The maximum atomic E-state index is 6.13. The molecule has 3 rings (SSSR count). The lowest BCUT2D eigenvalue weighted by Crippen LogP contribution is -2.06. The molecule has 0 bridgehead atoms. The Bertz CT molecular complexity index is 961. The number of aryl methyl sites for hydroxylation is 1. The van der Waals surface area contributed by atoms with Crippen LogP contribution in [0.5, 0.6) is 11.5 Å². The minimum absolute atomic E-state index is 0.348. The quantitative estimate of drug-likeness (QED) is 0.385. The maximum absolute atomic E-state index is 6.13. The second-order valence-electron chi connectivity index (χ2n) is 6.31. The van der Waals surface area contributed by atoms with Crippen LogP contribution in [0.3, 0.4) is 0 Å². The number of nitrogens with one attached hydrogen (secondary N) is 1. The van der Waals surface area contributed by atoms with Crippen LogP contribution in [-0.4, -0.2) is 7.11 Å². The van der Waals surface area contributed by atoms with Crippen molar-refractivity contribution < 1.29 is 9.47 Å². The summed E-state index contributed by atoms with van der Waals surface area (Å²) in [7, 11) is 1.63. The van der Waals surface area contributed by atoms with E-state index in [0.29, 0.717) is 34.7 Å². The predicted molar refractivity (Wildman–Crippen MR) is 120 cm³/mol. The zero-order valence-electron chi connectivity index (χ0n) is 15.6. The normalized spacial score (nSPS) is 10.6. The molecule has 0 aliphatic heterocycles. The fourth-order valence-electron chi connectivity index (χ4n) is 2.71. The number of halogens is 3. The molecule has 0 aliphatic carbocycles. The summed E-state index contributed by atoms with van der Waals surface area (Å²) in [6, 6.07) is 17.6. The third kappa shape index (κ3) is 5.13. The first-order chi connectivity index (χ1) is 13.5. The lowest BCUT2D eigenvalue weighted by molar-refractivity contribution is 0.281. The molecule has 3 aromatic carbocycles. The van der Waals surface area contributed by atoms with E-state index in [1.54, 1.807) is 19.2 Å². The number of rotatable bonds is 7. The van der Waals surface area contributed by atoms with Gasteiger partial charge in [0.2, 0.25) is 0 Å². The van der Waals surface area contributed by atoms with Crippen molar-refractivity contribution in [2.45, 2.75) is 20.1 Å². The number of hydrogen-bond donors (Lipinski definition) is 1. The van der Waals surface area contributed by atoms with Crippen LogP contribution in [0.4, 0.5) is 5.69 Å². The summed E-state index contributed by atoms with van der Waals surface area (Å²) in [4.78, 5) is 0. The van der Waals surface area contributed by atoms with Crippen LogP contribution < -0.4 is 14.8 Å². The van der Waals surface area contributed by atoms with Crippen molar-refractivity contribution in [3.63, 3.8) is 0 Å². The van der Waals surface area contributed by atoms with Gasteiger partial charge in [-0.3, -0.25) is 0 Å². The van der Waals surface area contributed by atoms with Crippen LogP contribution in [-0.2, 0) is 13.2 Å². The van der Waals surface area contributed by atoms with E-state index >= 15 is 0 Å². The molecule has 3 nitrogen and oxygen atoms in total. The molecule has 0 aromatic heterocycles. The maximum Gasteiger partial charge on any atom is 0.167 e. The summed E-state index contributed by atoms with van der Waals surface area (Å²) >= 11 is 15.7. The largest absolute Gasteiger partial charge is 0.493 e. The van der Waals surface area contributed by atoms with Crippen molar-refractivity contribution in [2.75, 3.05) is 12.4 Å². The molecule has 3 aromatic rings. The fourth-order valence-corrected chi connectivity index (χ4v) is 3.49. The van der Waals surface area contributed by atoms with E-state index in [1.807, 2.05) is 18.2 Å². The third-order valence-electron chi connectivity index (χ3n) is 4.28. The van der Waals surface area contributed by atoms with E-state index in [9.17, 15) is 0 Å². The van der Waals surface area contributed by atoms with Gasteiger partial charge in [0, 0.05) is 22.3 Å². The highest BCUT2D eigenvalue weighted by Gasteiger charge is 2.15. The van der Waals surface area contributed by atoms with E-state index in [0.717, 1.165) is 21.3 Å². The molecular weight excluding hydrogens is 461 g/mol. The highest BCUT2D eigenvalue weighted by Crippen LogP contribution is 2.37. The average Bonchev–Trinajstić information content (AvgIpc) is 2.69. The van der Waals surface area contributed by atoms with Crippen LogP contribution >= 0.6 is 39.1 Å². The molecule has 0 fully saturated rings.